The molecule has 0 aliphatic rings. The van der Waals surface area contributed by atoms with Crippen LogP contribution in [0.2, 0.25) is 5.02 Å². The van der Waals surface area contributed by atoms with Gasteiger partial charge in [-0.1, -0.05) is 41.9 Å². The number of aromatic nitrogens is 1. The lowest BCUT2D eigenvalue weighted by molar-refractivity contribution is 0.701. The summed E-state index contributed by atoms with van der Waals surface area (Å²) in [7, 11) is 0. The number of para-hydroxylation sites is 1. The first-order valence-electron chi connectivity index (χ1n) is 7.19. The topological polar surface area (TPSA) is 41.1 Å². The summed E-state index contributed by atoms with van der Waals surface area (Å²) in [6.45, 7) is 0.615. The molecule has 0 amide bonds. The van der Waals surface area contributed by atoms with Gasteiger partial charge in [0, 0.05) is 16.9 Å². The van der Waals surface area contributed by atoms with Gasteiger partial charge in [0.15, 0.2) is 4.80 Å². The van der Waals surface area contributed by atoms with E-state index >= 15 is 0 Å². The highest BCUT2D eigenvalue weighted by atomic mass is 35.5. The van der Waals surface area contributed by atoms with E-state index in [2.05, 4.69) is 16.0 Å². The van der Waals surface area contributed by atoms with E-state index in [1.165, 1.54) is 0 Å². The van der Waals surface area contributed by atoms with Crippen LogP contribution in [0.5, 0.6) is 0 Å². The van der Waals surface area contributed by atoms with Crippen LogP contribution < -0.4 is 4.80 Å². The van der Waals surface area contributed by atoms with Gasteiger partial charge in [-0.25, -0.2) is 4.99 Å². The van der Waals surface area contributed by atoms with E-state index in [9.17, 15) is 0 Å². The predicted octanol–water partition coefficient (Wildman–Crippen LogP) is 5.02. The zero-order valence-corrected chi connectivity index (χ0v) is 13.9. The van der Waals surface area contributed by atoms with E-state index in [0.717, 1.165) is 21.7 Å². The molecule has 0 radical (unpaired) electrons. The molecule has 3 nitrogen and oxygen atoms in total. The van der Waals surface area contributed by atoms with Crippen LogP contribution in [0.25, 0.3) is 11.3 Å². The van der Waals surface area contributed by atoms with Crippen LogP contribution in [-0.4, -0.2) is 4.57 Å². The third-order valence-electron chi connectivity index (χ3n) is 3.37. The van der Waals surface area contributed by atoms with E-state index in [0.29, 0.717) is 18.0 Å². The molecular formula is C18H14ClN3S. The van der Waals surface area contributed by atoms with Gasteiger partial charge >= 0.3 is 0 Å². The Kier molecular flexibility index (Phi) is 4.92. The highest BCUT2D eigenvalue weighted by molar-refractivity contribution is 7.07. The molecule has 1 heterocycles. The first kappa shape index (κ1) is 15.5. The summed E-state index contributed by atoms with van der Waals surface area (Å²) in [6.07, 6.45) is 0.444. The van der Waals surface area contributed by atoms with E-state index in [-0.39, 0.29) is 0 Å². The molecule has 3 rings (SSSR count). The third kappa shape index (κ3) is 3.70. The number of nitriles is 1. The minimum absolute atomic E-state index is 0.444. The lowest BCUT2D eigenvalue weighted by atomic mass is 10.2. The summed E-state index contributed by atoms with van der Waals surface area (Å²) >= 11 is 7.54. The number of hydrogen-bond donors (Lipinski definition) is 0. The number of benzene rings is 2. The molecule has 3 aromatic rings. The third-order valence-corrected chi connectivity index (χ3v) is 4.48. The summed E-state index contributed by atoms with van der Waals surface area (Å²) in [4.78, 5) is 5.59. The Balaban J connectivity index is 2.09. The van der Waals surface area contributed by atoms with Crippen molar-refractivity contribution in [2.45, 2.75) is 13.0 Å². The van der Waals surface area contributed by atoms with Gasteiger partial charge in [0.05, 0.1) is 23.9 Å². The minimum Gasteiger partial charge on any atom is -0.315 e. The average Bonchev–Trinajstić information content (AvgIpc) is 2.97. The normalized spacial score (nSPS) is 11.4. The summed E-state index contributed by atoms with van der Waals surface area (Å²) in [6, 6.07) is 19.8. The van der Waals surface area contributed by atoms with Gasteiger partial charge in [0.1, 0.15) is 0 Å². The first-order valence-corrected chi connectivity index (χ1v) is 8.44. The second-order valence-electron chi connectivity index (χ2n) is 4.92. The quantitative estimate of drug-likeness (QED) is 0.658. The Labute approximate surface area is 143 Å². The standard InChI is InChI=1S/C18H14ClN3S/c19-15-9-7-14(8-10-15)17-13-23-18(22(17)12-4-11-20)21-16-5-2-1-3-6-16/h1-3,5-10,13H,4,12H2. The maximum Gasteiger partial charge on any atom is 0.190 e. The molecule has 0 spiro atoms. The van der Waals surface area contributed by atoms with E-state index in [1.54, 1.807) is 11.3 Å². The average molecular weight is 340 g/mol. The maximum absolute atomic E-state index is 8.94. The largest absolute Gasteiger partial charge is 0.315 e. The maximum atomic E-state index is 8.94. The smallest absolute Gasteiger partial charge is 0.190 e. The molecule has 0 aliphatic carbocycles. The molecule has 23 heavy (non-hydrogen) atoms. The molecule has 0 saturated heterocycles. The Bertz CT molecular complexity index is 887. The molecule has 0 aliphatic heterocycles. The fourth-order valence-electron chi connectivity index (χ4n) is 2.26. The van der Waals surface area contributed by atoms with Crippen LogP contribution in [0.1, 0.15) is 6.42 Å². The van der Waals surface area contributed by atoms with Crippen molar-refractivity contribution in [1.29, 1.82) is 5.26 Å². The lowest BCUT2D eigenvalue weighted by Crippen LogP contribution is -2.15. The molecule has 0 bridgehead atoms. The van der Waals surface area contributed by atoms with Crippen molar-refractivity contribution >= 4 is 28.6 Å². The van der Waals surface area contributed by atoms with Gasteiger partial charge in [0.2, 0.25) is 0 Å². The summed E-state index contributed by atoms with van der Waals surface area (Å²) in [5, 5.41) is 11.7. The second kappa shape index (κ2) is 7.28. The van der Waals surface area contributed by atoms with Crippen molar-refractivity contribution < 1.29 is 0 Å². The zero-order valence-electron chi connectivity index (χ0n) is 12.3. The van der Waals surface area contributed by atoms with Crippen molar-refractivity contribution in [3.63, 3.8) is 0 Å². The van der Waals surface area contributed by atoms with E-state index < -0.39 is 0 Å². The van der Waals surface area contributed by atoms with Crippen LogP contribution in [0.3, 0.4) is 0 Å². The molecule has 0 fully saturated rings. The van der Waals surface area contributed by atoms with Crippen molar-refractivity contribution in [2.24, 2.45) is 4.99 Å². The molecular weight excluding hydrogens is 326 g/mol. The summed E-state index contributed by atoms with van der Waals surface area (Å²) in [5.74, 6) is 0. The fourth-order valence-corrected chi connectivity index (χ4v) is 3.34. The van der Waals surface area contributed by atoms with E-state index in [4.69, 9.17) is 21.9 Å². The van der Waals surface area contributed by atoms with Gasteiger partial charge in [-0.05, 0) is 29.8 Å². The predicted molar refractivity (Wildman–Crippen MR) is 94.7 cm³/mol. The molecule has 1 aromatic heterocycles. The fraction of sp³-hybridized carbons (Fsp3) is 0.111. The van der Waals surface area contributed by atoms with Crippen molar-refractivity contribution in [3.8, 4) is 17.3 Å². The Morgan fingerprint density at radius 1 is 1.09 bits per heavy atom. The van der Waals surface area contributed by atoms with Gasteiger partial charge < -0.3 is 4.57 Å². The van der Waals surface area contributed by atoms with Crippen LogP contribution in [-0.2, 0) is 6.54 Å². The zero-order chi connectivity index (χ0) is 16.1. The Morgan fingerprint density at radius 3 is 2.52 bits per heavy atom. The Morgan fingerprint density at radius 2 is 1.83 bits per heavy atom. The van der Waals surface area contributed by atoms with Gasteiger partial charge in [0.25, 0.3) is 0 Å². The first-order chi connectivity index (χ1) is 11.3. The van der Waals surface area contributed by atoms with Crippen LogP contribution in [0.4, 0.5) is 5.69 Å². The SMILES string of the molecule is N#CCCn1c(-c2ccc(Cl)cc2)csc1=Nc1ccccc1. The highest BCUT2D eigenvalue weighted by Gasteiger charge is 2.08. The number of nitrogens with zero attached hydrogens (tertiary/aromatic N) is 3. The van der Waals surface area contributed by atoms with Crippen LogP contribution in [0, 0.1) is 11.3 Å². The number of halogens is 1. The number of rotatable bonds is 4. The highest BCUT2D eigenvalue weighted by Crippen LogP contribution is 2.23. The number of thiazole rings is 1. The molecule has 5 heteroatoms. The van der Waals surface area contributed by atoms with Crippen LogP contribution >= 0.6 is 22.9 Å². The summed E-state index contributed by atoms with van der Waals surface area (Å²) in [5.41, 5.74) is 3.03. The summed E-state index contributed by atoms with van der Waals surface area (Å²) < 4.78 is 2.09. The lowest BCUT2D eigenvalue weighted by Gasteiger charge is -2.07. The van der Waals surface area contributed by atoms with Crippen LogP contribution in [0.15, 0.2) is 65.0 Å². The molecule has 0 unspecified atom stereocenters. The van der Waals surface area contributed by atoms with Gasteiger partial charge in [-0.15, -0.1) is 11.3 Å². The Hall–Kier alpha value is -2.35. The van der Waals surface area contributed by atoms with E-state index in [1.807, 2.05) is 54.6 Å². The monoisotopic (exact) mass is 339 g/mol. The van der Waals surface area contributed by atoms with Crippen molar-refractivity contribution in [2.75, 3.05) is 0 Å². The minimum atomic E-state index is 0.444. The molecule has 2 aromatic carbocycles. The molecule has 0 N–H and O–H groups in total. The van der Waals surface area contributed by atoms with Gasteiger partial charge in [-0.3, -0.25) is 0 Å². The van der Waals surface area contributed by atoms with Crippen molar-refractivity contribution in [1.82, 2.24) is 4.57 Å². The number of hydrogen-bond acceptors (Lipinski definition) is 3. The van der Waals surface area contributed by atoms with Gasteiger partial charge in [-0.2, -0.15) is 5.26 Å². The molecule has 0 saturated carbocycles. The van der Waals surface area contributed by atoms with Crippen molar-refractivity contribution in [3.05, 3.63) is 69.8 Å². The molecule has 0 atom stereocenters. The molecule has 114 valence electrons. The second-order valence-corrected chi connectivity index (χ2v) is 6.19.